The smallest absolute Gasteiger partial charge is 0.0114 e. The highest BCUT2D eigenvalue weighted by atomic mass is 14.3. The molecule has 0 unspecified atom stereocenters. The average molecular weight is 1190 g/mol. The molecule has 0 aliphatic rings. The van der Waals surface area contributed by atoms with Crippen molar-refractivity contribution in [3.8, 4) is 44.5 Å². The van der Waals surface area contributed by atoms with Crippen LogP contribution in [0.2, 0.25) is 0 Å². The van der Waals surface area contributed by atoms with Gasteiger partial charge in [0.05, 0.1) is 0 Å². The van der Waals surface area contributed by atoms with Crippen molar-refractivity contribution in [2.24, 2.45) is 0 Å². The van der Waals surface area contributed by atoms with Crippen molar-refractivity contribution in [2.75, 3.05) is 0 Å². The monoisotopic (exact) mass is 1190 g/mol. The summed E-state index contributed by atoms with van der Waals surface area (Å²) in [5.74, 6) is 0. The Hall–Kier alpha value is -6.24. The van der Waals surface area contributed by atoms with E-state index in [1.165, 1.54) is 267 Å². The lowest BCUT2D eigenvalue weighted by Gasteiger charge is -2.25. The molecule has 0 aliphatic heterocycles. The maximum Gasteiger partial charge on any atom is -0.0114 e. The van der Waals surface area contributed by atoms with E-state index in [4.69, 9.17) is 0 Å². The molecule has 0 spiro atoms. The Kier molecular flexibility index (Phi) is 23.7. The first kappa shape index (κ1) is 75.2. The van der Waals surface area contributed by atoms with Gasteiger partial charge in [0.1, 0.15) is 0 Å². The van der Waals surface area contributed by atoms with E-state index in [0.29, 0.717) is 0 Å². The van der Waals surface area contributed by atoms with Gasteiger partial charge in [-0.3, -0.25) is 0 Å². The summed E-state index contributed by atoms with van der Waals surface area (Å²) < 4.78 is 0. The summed E-state index contributed by atoms with van der Waals surface area (Å²) in [5.41, 5.74) is 69.2. The molecule has 89 heavy (non-hydrogen) atoms. The summed E-state index contributed by atoms with van der Waals surface area (Å²) in [5, 5.41) is 0. The van der Waals surface area contributed by atoms with E-state index in [9.17, 15) is 0 Å². The molecule has 0 atom stereocenters. The van der Waals surface area contributed by atoms with Crippen molar-refractivity contribution in [3.63, 3.8) is 0 Å². The second-order valence-electron chi connectivity index (χ2n) is 28.0. The van der Waals surface area contributed by atoms with Crippen LogP contribution < -0.4 is 0 Å². The molecule has 0 bridgehead atoms. The lowest BCUT2D eigenvalue weighted by atomic mass is 9.80. The number of rotatable bonds is 4. The van der Waals surface area contributed by atoms with E-state index in [1.807, 2.05) is 0 Å². The molecule has 0 radical (unpaired) electrons. The van der Waals surface area contributed by atoms with Gasteiger partial charge >= 0.3 is 0 Å². The van der Waals surface area contributed by atoms with Gasteiger partial charge in [-0.15, -0.1) is 0 Å². The molecule has 0 aliphatic carbocycles. The molecule has 0 N–H and O–H groups in total. The van der Waals surface area contributed by atoms with Crippen LogP contribution in [0.5, 0.6) is 0 Å². The summed E-state index contributed by atoms with van der Waals surface area (Å²) in [7, 11) is 0. The highest BCUT2D eigenvalue weighted by molar-refractivity contribution is 5.85. The van der Waals surface area contributed by atoms with Crippen molar-refractivity contribution >= 4 is 0 Å². The molecule has 8 aromatic carbocycles. The summed E-state index contributed by atoms with van der Waals surface area (Å²) in [4.78, 5) is 0. The maximum atomic E-state index is 2.29. The first-order chi connectivity index (χ1) is 40.4. The van der Waals surface area contributed by atoms with Crippen LogP contribution in [0.25, 0.3) is 44.5 Å². The molecule has 0 saturated heterocycles. The minimum absolute atomic E-state index is 0. The van der Waals surface area contributed by atoms with Gasteiger partial charge in [0, 0.05) is 0 Å². The Morgan fingerprint density at radius 1 is 0.0674 bits per heavy atom. The van der Waals surface area contributed by atoms with Crippen LogP contribution in [0.4, 0.5) is 0 Å². The van der Waals surface area contributed by atoms with Gasteiger partial charge < -0.3 is 0 Å². The van der Waals surface area contributed by atoms with Crippen molar-refractivity contribution in [2.45, 2.75) is 284 Å². The Balaban J connectivity index is 0.000000253. The molecule has 8 aromatic rings. The van der Waals surface area contributed by atoms with Crippen molar-refractivity contribution < 1.29 is 0 Å². The molecule has 0 aromatic heterocycles. The molecule has 0 heteroatoms. The molecule has 0 amide bonds. The molecule has 0 heterocycles. The van der Waals surface area contributed by atoms with Crippen LogP contribution in [0.3, 0.4) is 0 Å². The minimum atomic E-state index is 0. The molecule has 0 saturated carbocycles. The third-order valence-corrected chi connectivity index (χ3v) is 25.0. The van der Waals surface area contributed by atoms with Gasteiger partial charge in [0.15, 0.2) is 0 Å². The normalized spacial score (nSPS) is 11.1. The Morgan fingerprint density at radius 2 is 0.101 bits per heavy atom. The van der Waals surface area contributed by atoms with Crippen molar-refractivity contribution in [3.05, 3.63) is 223 Å². The zero-order valence-electron chi connectivity index (χ0n) is 64.0. The fourth-order valence-electron chi connectivity index (χ4n) is 15.0. The zero-order valence-corrected chi connectivity index (χ0v) is 64.0. The Labute approximate surface area is 548 Å². The van der Waals surface area contributed by atoms with E-state index < -0.39 is 0 Å². The first-order valence-corrected chi connectivity index (χ1v) is 33.0. The van der Waals surface area contributed by atoms with Crippen LogP contribution in [0, 0.1) is 277 Å². The van der Waals surface area contributed by atoms with E-state index in [1.54, 1.807) is 0 Å². The summed E-state index contributed by atoms with van der Waals surface area (Å²) in [6, 6.07) is 0. The zero-order chi connectivity index (χ0) is 67.7. The summed E-state index contributed by atoms with van der Waals surface area (Å²) in [6.07, 6.45) is 0. The lowest BCUT2D eigenvalue weighted by Crippen LogP contribution is -2.05. The molecular formula is C89H124. The van der Waals surface area contributed by atoms with Gasteiger partial charge in [0.2, 0.25) is 0 Å². The Morgan fingerprint density at radius 3 is 0.146 bits per heavy atom. The quantitative estimate of drug-likeness (QED) is 0.165. The van der Waals surface area contributed by atoms with E-state index in [0.717, 1.165) is 0 Å². The van der Waals surface area contributed by atoms with Gasteiger partial charge in [-0.2, -0.15) is 0 Å². The molecular weight excluding hydrogens is 1070 g/mol. The van der Waals surface area contributed by atoms with Crippen LogP contribution in [0.1, 0.15) is 230 Å². The van der Waals surface area contributed by atoms with E-state index in [-0.39, 0.29) is 7.43 Å². The lowest BCUT2D eigenvalue weighted by molar-refractivity contribution is 1.14. The van der Waals surface area contributed by atoms with Crippen LogP contribution in [-0.2, 0) is 0 Å². The predicted molar refractivity (Wildman–Crippen MR) is 404 cm³/mol. The molecule has 480 valence electrons. The van der Waals surface area contributed by atoms with Crippen LogP contribution in [0.15, 0.2) is 0 Å². The minimum Gasteiger partial charge on any atom is -0.0776 e. The van der Waals surface area contributed by atoms with Crippen molar-refractivity contribution in [1.82, 2.24) is 0 Å². The summed E-state index contributed by atoms with van der Waals surface area (Å²) >= 11 is 0. The maximum absolute atomic E-state index is 2.29. The molecule has 8 rings (SSSR count). The first-order valence-electron chi connectivity index (χ1n) is 33.0. The fraction of sp³-hybridized carbons (Fsp3) is 0.461. The SMILES string of the molecule is C.Cc1c(C)c(C)c(-c2c(C)c(C)c(C)c(C)c2C)c(C)c1C.Cc1c(C)c(C)c(-c2c(C)c(C)c(C)c(C)c2C)c(C)c1C.Cc1c(C)c(C)c(-c2c(C)c(C)c(C)c(C)c2C)c(C)c1C.Cc1c(C)c(C)c(-c2c(C)c(C)c(C)c(C)c2C)c(C)c1C. The molecule has 0 nitrogen and oxygen atoms in total. The second kappa shape index (κ2) is 28.1. The average Bonchev–Trinajstić information content (AvgIpc) is 0.877. The van der Waals surface area contributed by atoms with Crippen LogP contribution in [-0.4, -0.2) is 0 Å². The third kappa shape index (κ3) is 12.8. The summed E-state index contributed by atoms with van der Waals surface area (Å²) in [6.45, 7) is 90.8. The highest BCUT2D eigenvalue weighted by Crippen LogP contribution is 2.45. The van der Waals surface area contributed by atoms with Crippen molar-refractivity contribution in [1.29, 1.82) is 0 Å². The van der Waals surface area contributed by atoms with Gasteiger partial charge in [0.25, 0.3) is 0 Å². The number of benzene rings is 8. The predicted octanol–water partition coefficient (Wildman–Crippen LogP) is 26.4. The molecule has 0 fully saturated rings. The number of hydrogen-bond acceptors (Lipinski definition) is 0. The largest absolute Gasteiger partial charge is 0.0776 e. The fourth-order valence-corrected chi connectivity index (χ4v) is 15.0. The van der Waals surface area contributed by atoms with E-state index >= 15 is 0 Å². The van der Waals surface area contributed by atoms with Gasteiger partial charge in [-0.1, -0.05) is 7.43 Å². The van der Waals surface area contributed by atoms with Gasteiger partial charge in [-0.25, -0.2) is 0 Å². The standard InChI is InChI=1S/4C22H30.CH4/c4*1-11-13(3)17(7)21(18(8)14(11)4)22-19(9)15(5)12(2)16(6)20(22)10;/h4*1-10H3;1H4. The third-order valence-electron chi connectivity index (χ3n) is 25.0. The number of hydrogen-bond donors (Lipinski definition) is 0. The van der Waals surface area contributed by atoms with E-state index in [2.05, 4.69) is 277 Å². The Bertz CT molecular complexity index is 3130. The second-order valence-corrected chi connectivity index (χ2v) is 28.0. The highest BCUT2D eigenvalue weighted by Gasteiger charge is 2.25. The van der Waals surface area contributed by atoms with Crippen LogP contribution >= 0.6 is 0 Å². The topological polar surface area (TPSA) is 0 Å². The van der Waals surface area contributed by atoms with Gasteiger partial charge in [-0.05, 0) is 544 Å².